The molecule has 0 saturated carbocycles. The van der Waals surface area contributed by atoms with Crippen molar-refractivity contribution in [2.75, 3.05) is 13.2 Å². The minimum atomic E-state index is -4.52. The lowest BCUT2D eigenvalue weighted by molar-refractivity contribution is -0.143. The van der Waals surface area contributed by atoms with Crippen molar-refractivity contribution in [1.29, 1.82) is 0 Å². The SMILES string of the molecule is C[C@@H](NCc1cncs1)c1cnc(C2OCCO2)c(C(F)(F)F)c1. The first kappa shape index (κ1) is 17.3. The molecule has 1 atom stereocenters. The van der Waals surface area contributed by atoms with E-state index in [1.807, 2.05) is 0 Å². The minimum absolute atomic E-state index is 0.224. The molecule has 2 aromatic heterocycles. The van der Waals surface area contributed by atoms with E-state index in [0.717, 1.165) is 10.9 Å². The van der Waals surface area contributed by atoms with Crippen molar-refractivity contribution >= 4 is 11.3 Å². The van der Waals surface area contributed by atoms with Crippen molar-refractivity contribution < 1.29 is 22.6 Å². The third-order valence-corrected chi connectivity index (χ3v) is 4.44. The van der Waals surface area contributed by atoms with Crippen LogP contribution in [0.3, 0.4) is 0 Å². The molecule has 0 unspecified atom stereocenters. The molecule has 0 radical (unpaired) electrons. The number of aromatic nitrogens is 2. The molecule has 130 valence electrons. The molecule has 1 fully saturated rings. The first-order chi connectivity index (χ1) is 11.4. The quantitative estimate of drug-likeness (QED) is 0.886. The Morgan fingerprint density at radius 3 is 2.71 bits per heavy atom. The Morgan fingerprint density at radius 2 is 2.08 bits per heavy atom. The van der Waals surface area contributed by atoms with Gasteiger partial charge < -0.3 is 14.8 Å². The second-order valence-electron chi connectivity index (χ2n) is 5.34. The summed E-state index contributed by atoms with van der Waals surface area (Å²) in [4.78, 5) is 8.95. The fourth-order valence-corrected chi connectivity index (χ4v) is 2.91. The maximum Gasteiger partial charge on any atom is 0.418 e. The van der Waals surface area contributed by atoms with Gasteiger partial charge in [0.25, 0.3) is 0 Å². The Hall–Kier alpha value is -1.55. The zero-order valence-electron chi connectivity index (χ0n) is 12.8. The van der Waals surface area contributed by atoms with Crippen LogP contribution in [0.1, 0.15) is 41.0 Å². The summed E-state index contributed by atoms with van der Waals surface area (Å²) in [5, 5.41) is 3.17. The van der Waals surface area contributed by atoms with E-state index in [9.17, 15) is 13.2 Å². The standard InChI is InChI=1S/C15H16F3N3O2S/c1-9(20-7-11-6-19-8-24-11)10-4-12(15(16,17)18)13(21-5-10)14-22-2-3-23-14/h4-6,8-9,14,20H,2-3,7H2,1H3/t9-/m1/s1. The van der Waals surface area contributed by atoms with Gasteiger partial charge in [-0.25, -0.2) is 0 Å². The summed E-state index contributed by atoms with van der Waals surface area (Å²) in [6, 6.07) is 0.817. The number of thiazole rings is 1. The van der Waals surface area contributed by atoms with Gasteiger partial charge in [0.05, 0.1) is 24.3 Å². The van der Waals surface area contributed by atoms with Crippen molar-refractivity contribution in [3.05, 3.63) is 45.7 Å². The van der Waals surface area contributed by atoms with Crippen LogP contribution in [-0.4, -0.2) is 23.2 Å². The van der Waals surface area contributed by atoms with Crippen LogP contribution in [0.15, 0.2) is 24.0 Å². The van der Waals surface area contributed by atoms with Crippen LogP contribution in [0.5, 0.6) is 0 Å². The molecule has 0 amide bonds. The summed E-state index contributed by atoms with van der Waals surface area (Å²) < 4.78 is 50.5. The Balaban J connectivity index is 1.80. The van der Waals surface area contributed by atoms with Gasteiger partial charge >= 0.3 is 6.18 Å². The number of hydrogen-bond donors (Lipinski definition) is 1. The first-order valence-corrected chi connectivity index (χ1v) is 8.24. The monoisotopic (exact) mass is 359 g/mol. The van der Waals surface area contributed by atoms with Gasteiger partial charge in [-0.3, -0.25) is 9.97 Å². The molecule has 5 nitrogen and oxygen atoms in total. The van der Waals surface area contributed by atoms with E-state index in [0.29, 0.717) is 12.1 Å². The van der Waals surface area contributed by atoms with Gasteiger partial charge in [0.1, 0.15) is 5.69 Å². The van der Waals surface area contributed by atoms with E-state index in [-0.39, 0.29) is 24.9 Å². The van der Waals surface area contributed by atoms with E-state index < -0.39 is 18.0 Å². The first-order valence-electron chi connectivity index (χ1n) is 7.36. The van der Waals surface area contributed by atoms with Gasteiger partial charge in [-0.1, -0.05) is 0 Å². The molecular formula is C15H16F3N3O2S. The minimum Gasteiger partial charge on any atom is -0.345 e. The Morgan fingerprint density at radius 1 is 1.33 bits per heavy atom. The number of rotatable bonds is 5. The predicted octanol–water partition coefficient (Wildman–Crippen LogP) is 3.45. The molecule has 0 aromatic carbocycles. The van der Waals surface area contributed by atoms with Gasteiger partial charge in [-0.2, -0.15) is 13.2 Å². The van der Waals surface area contributed by atoms with E-state index >= 15 is 0 Å². The highest BCUT2D eigenvalue weighted by molar-refractivity contribution is 7.09. The van der Waals surface area contributed by atoms with Gasteiger partial charge in [0, 0.05) is 29.9 Å². The van der Waals surface area contributed by atoms with Crippen molar-refractivity contribution in [3.63, 3.8) is 0 Å². The topological polar surface area (TPSA) is 56.3 Å². The molecule has 24 heavy (non-hydrogen) atoms. The van der Waals surface area contributed by atoms with Crippen LogP contribution in [0.25, 0.3) is 0 Å². The van der Waals surface area contributed by atoms with Crippen molar-refractivity contribution in [2.24, 2.45) is 0 Å². The number of pyridine rings is 1. The molecule has 0 bridgehead atoms. The van der Waals surface area contributed by atoms with Crippen LogP contribution in [0.2, 0.25) is 0 Å². The molecule has 0 spiro atoms. The molecule has 1 saturated heterocycles. The Labute approximate surface area is 140 Å². The molecule has 1 N–H and O–H groups in total. The lowest BCUT2D eigenvalue weighted by atomic mass is 10.1. The summed E-state index contributed by atoms with van der Waals surface area (Å²) in [6.45, 7) is 2.85. The molecular weight excluding hydrogens is 343 g/mol. The Bertz CT molecular complexity index is 673. The van der Waals surface area contributed by atoms with Crippen LogP contribution in [0, 0.1) is 0 Å². The highest BCUT2D eigenvalue weighted by Gasteiger charge is 2.38. The molecule has 1 aliphatic heterocycles. The van der Waals surface area contributed by atoms with E-state index in [1.165, 1.54) is 17.5 Å². The van der Waals surface area contributed by atoms with Crippen LogP contribution in [0.4, 0.5) is 13.2 Å². The summed E-state index contributed by atoms with van der Waals surface area (Å²) in [5.41, 5.74) is 1.12. The summed E-state index contributed by atoms with van der Waals surface area (Å²) in [6.07, 6.45) is -2.43. The molecule has 1 aliphatic rings. The average Bonchev–Trinajstić information content (AvgIpc) is 3.24. The zero-order valence-corrected chi connectivity index (χ0v) is 13.7. The molecule has 0 aliphatic carbocycles. The van der Waals surface area contributed by atoms with Crippen LogP contribution in [-0.2, 0) is 22.2 Å². The second-order valence-corrected chi connectivity index (χ2v) is 6.31. The number of ether oxygens (including phenoxy) is 2. The summed E-state index contributed by atoms with van der Waals surface area (Å²) in [7, 11) is 0. The lowest BCUT2D eigenvalue weighted by Gasteiger charge is -2.19. The molecule has 3 heterocycles. The van der Waals surface area contributed by atoms with E-state index in [4.69, 9.17) is 9.47 Å². The van der Waals surface area contributed by atoms with E-state index in [2.05, 4.69) is 15.3 Å². The summed E-state index contributed by atoms with van der Waals surface area (Å²) in [5.74, 6) is 0. The second kappa shape index (κ2) is 7.14. The summed E-state index contributed by atoms with van der Waals surface area (Å²) >= 11 is 1.48. The molecule has 3 rings (SSSR count). The smallest absolute Gasteiger partial charge is 0.345 e. The highest BCUT2D eigenvalue weighted by Crippen LogP contribution is 2.37. The van der Waals surface area contributed by atoms with Gasteiger partial charge in [0.15, 0.2) is 0 Å². The molecule has 9 heteroatoms. The molecule has 2 aromatic rings. The fourth-order valence-electron chi connectivity index (χ4n) is 2.36. The van der Waals surface area contributed by atoms with Crippen molar-refractivity contribution in [1.82, 2.24) is 15.3 Å². The average molecular weight is 359 g/mol. The van der Waals surface area contributed by atoms with Crippen molar-refractivity contribution in [2.45, 2.75) is 32.0 Å². The number of nitrogens with one attached hydrogen (secondary N) is 1. The zero-order chi connectivity index (χ0) is 17.2. The lowest BCUT2D eigenvalue weighted by Crippen LogP contribution is -2.20. The maximum absolute atomic E-state index is 13.4. The number of hydrogen-bond acceptors (Lipinski definition) is 6. The highest BCUT2D eigenvalue weighted by atomic mass is 32.1. The predicted molar refractivity (Wildman–Crippen MR) is 81.3 cm³/mol. The van der Waals surface area contributed by atoms with Gasteiger partial charge in [-0.15, -0.1) is 11.3 Å². The van der Waals surface area contributed by atoms with E-state index in [1.54, 1.807) is 18.6 Å². The fraction of sp³-hybridized carbons (Fsp3) is 0.467. The van der Waals surface area contributed by atoms with Crippen LogP contribution >= 0.6 is 11.3 Å². The normalized spacial score (nSPS) is 17.3. The third kappa shape index (κ3) is 3.92. The number of halogens is 3. The maximum atomic E-state index is 13.4. The van der Waals surface area contributed by atoms with Gasteiger partial charge in [-0.05, 0) is 18.6 Å². The van der Waals surface area contributed by atoms with Crippen molar-refractivity contribution in [3.8, 4) is 0 Å². The largest absolute Gasteiger partial charge is 0.418 e. The van der Waals surface area contributed by atoms with Crippen LogP contribution < -0.4 is 5.32 Å². The third-order valence-electron chi connectivity index (χ3n) is 3.66. The Kier molecular flexibility index (Phi) is 5.14. The number of alkyl halides is 3. The van der Waals surface area contributed by atoms with Gasteiger partial charge in [0.2, 0.25) is 6.29 Å². The number of nitrogens with zero attached hydrogens (tertiary/aromatic N) is 2.